The van der Waals surface area contributed by atoms with E-state index in [1.165, 1.54) is 24.3 Å². The van der Waals surface area contributed by atoms with Crippen LogP contribution in [0, 0.1) is 6.92 Å². The summed E-state index contributed by atoms with van der Waals surface area (Å²) in [5.41, 5.74) is 2.06. The molecule has 0 amide bonds. The van der Waals surface area contributed by atoms with E-state index in [1.807, 2.05) is 31.2 Å². The summed E-state index contributed by atoms with van der Waals surface area (Å²) in [6, 6.07) is 19.4. The molecule has 1 aromatic heterocycles. The zero-order chi connectivity index (χ0) is 25.2. The van der Waals surface area contributed by atoms with Crippen molar-refractivity contribution in [2.45, 2.75) is 30.3 Å². The minimum Gasteiger partial charge on any atom is -0.406 e. The van der Waals surface area contributed by atoms with E-state index in [2.05, 4.69) is 4.74 Å². The minimum absolute atomic E-state index is 0.0492. The molecular formula is C25H22F3NO5S. The molecule has 0 aliphatic heterocycles. The highest BCUT2D eigenvalue weighted by atomic mass is 32.2. The number of hydrogen-bond donors (Lipinski definition) is 1. The van der Waals surface area contributed by atoms with Crippen molar-refractivity contribution in [1.82, 2.24) is 4.57 Å². The lowest BCUT2D eigenvalue weighted by Crippen LogP contribution is -2.30. The first kappa shape index (κ1) is 24.8. The maximum absolute atomic E-state index is 12.6. The Morgan fingerprint density at radius 2 is 1.60 bits per heavy atom. The van der Waals surface area contributed by atoms with Crippen molar-refractivity contribution in [1.29, 1.82) is 0 Å². The van der Waals surface area contributed by atoms with Crippen molar-refractivity contribution in [2.24, 2.45) is 0 Å². The van der Waals surface area contributed by atoms with Crippen LogP contribution in [0.25, 0.3) is 10.9 Å². The summed E-state index contributed by atoms with van der Waals surface area (Å²) in [5, 5.41) is 12.0. The monoisotopic (exact) mass is 505 g/mol. The van der Waals surface area contributed by atoms with Crippen LogP contribution in [0.3, 0.4) is 0 Å². The number of nitrogens with zero attached hydrogens (tertiary/aromatic N) is 1. The van der Waals surface area contributed by atoms with Gasteiger partial charge in [0.05, 0.1) is 17.5 Å². The number of rotatable bonds is 8. The van der Waals surface area contributed by atoms with Crippen molar-refractivity contribution in [3.63, 3.8) is 0 Å². The summed E-state index contributed by atoms with van der Waals surface area (Å²) in [6.07, 6.45) is -4.48. The maximum Gasteiger partial charge on any atom is 0.573 e. The molecule has 0 bridgehead atoms. The van der Waals surface area contributed by atoms with E-state index >= 15 is 0 Å². The highest BCUT2D eigenvalue weighted by Crippen LogP contribution is 2.31. The number of halogens is 3. The number of aromatic nitrogens is 1. The number of ether oxygens (including phenoxy) is 1. The number of alkyl halides is 3. The Kier molecular flexibility index (Phi) is 6.88. The third kappa shape index (κ3) is 5.84. The lowest BCUT2D eigenvalue weighted by molar-refractivity contribution is -0.274. The van der Waals surface area contributed by atoms with E-state index in [9.17, 15) is 26.7 Å². The summed E-state index contributed by atoms with van der Waals surface area (Å²) in [6.45, 7) is 1.24. The van der Waals surface area contributed by atoms with Gasteiger partial charge in [0.1, 0.15) is 11.9 Å². The normalized spacial score (nSPS) is 14.1. The van der Waals surface area contributed by atoms with Crippen molar-refractivity contribution < 1.29 is 35.6 Å². The van der Waals surface area contributed by atoms with Crippen molar-refractivity contribution in [2.75, 3.05) is 6.61 Å². The standard InChI is InChI=1S/C25H22F3NO5S/c1-17-6-12-21(13-7-17)35(31,32)33-16-23(30)24(29-15-14-18-4-2-3-5-22(18)29)19-8-10-20(11-9-19)34-25(26,27)28/h2-15,23-24,30H,16H2,1H3. The van der Waals surface area contributed by atoms with Gasteiger partial charge in [-0.2, -0.15) is 8.42 Å². The Morgan fingerprint density at radius 3 is 2.26 bits per heavy atom. The number of aryl methyl sites for hydroxylation is 1. The first-order valence-electron chi connectivity index (χ1n) is 10.6. The molecule has 1 N–H and O–H groups in total. The van der Waals surface area contributed by atoms with Gasteiger partial charge >= 0.3 is 6.36 Å². The molecule has 0 fully saturated rings. The largest absolute Gasteiger partial charge is 0.573 e. The van der Waals surface area contributed by atoms with Gasteiger partial charge in [0.2, 0.25) is 0 Å². The van der Waals surface area contributed by atoms with Crippen LogP contribution in [0.15, 0.2) is 90.0 Å². The van der Waals surface area contributed by atoms with Crippen LogP contribution < -0.4 is 4.74 Å². The predicted octanol–water partition coefficient (Wildman–Crippen LogP) is 5.20. The molecule has 4 rings (SSSR count). The topological polar surface area (TPSA) is 77.8 Å². The minimum atomic E-state index is -4.84. The van der Waals surface area contributed by atoms with Gasteiger partial charge in [0, 0.05) is 11.7 Å². The number of hydrogen-bond acceptors (Lipinski definition) is 5. The molecule has 10 heteroatoms. The number of benzene rings is 3. The van der Waals surface area contributed by atoms with Crippen molar-refractivity contribution in [3.8, 4) is 5.75 Å². The second kappa shape index (κ2) is 9.73. The van der Waals surface area contributed by atoms with Crippen molar-refractivity contribution >= 4 is 21.0 Å². The van der Waals surface area contributed by atoms with Gasteiger partial charge in [-0.15, -0.1) is 13.2 Å². The van der Waals surface area contributed by atoms with Gasteiger partial charge in [-0.3, -0.25) is 4.18 Å². The summed E-state index contributed by atoms with van der Waals surface area (Å²) in [4.78, 5) is -0.0492. The van der Waals surface area contributed by atoms with E-state index in [4.69, 9.17) is 4.18 Å². The molecule has 0 saturated carbocycles. The smallest absolute Gasteiger partial charge is 0.406 e. The van der Waals surface area contributed by atoms with Gasteiger partial charge < -0.3 is 14.4 Å². The fourth-order valence-corrected chi connectivity index (χ4v) is 4.73. The number of aliphatic hydroxyl groups is 1. The Bertz CT molecular complexity index is 1400. The van der Waals surface area contributed by atoms with Gasteiger partial charge in [-0.25, -0.2) is 0 Å². The Hall–Kier alpha value is -3.34. The molecule has 0 aliphatic rings. The van der Waals surface area contributed by atoms with E-state index < -0.39 is 41.0 Å². The Labute approximate surface area is 200 Å². The van der Waals surface area contributed by atoms with Crippen molar-refractivity contribution in [3.05, 3.63) is 96.2 Å². The predicted molar refractivity (Wildman–Crippen MR) is 124 cm³/mol. The second-order valence-corrected chi connectivity index (χ2v) is 9.58. The van der Waals surface area contributed by atoms with E-state index in [-0.39, 0.29) is 4.90 Å². The molecule has 0 aliphatic carbocycles. The highest BCUT2D eigenvalue weighted by molar-refractivity contribution is 7.86. The SMILES string of the molecule is Cc1ccc(S(=O)(=O)OCC(O)C(c2ccc(OC(F)(F)F)cc2)n2ccc3ccccc32)cc1. The molecule has 3 aromatic carbocycles. The molecule has 2 atom stereocenters. The quantitative estimate of drug-likeness (QED) is 0.333. The summed E-state index contributed by atoms with van der Waals surface area (Å²) in [5.74, 6) is -0.412. The second-order valence-electron chi connectivity index (χ2n) is 7.96. The fraction of sp³-hybridized carbons (Fsp3) is 0.200. The number of aliphatic hydroxyl groups excluding tert-OH is 1. The Balaban J connectivity index is 1.64. The Morgan fingerprint density at radius 1 is 0.943 bits per heavy atom. The fourth-order valence-electron chi connectivity index (χ4n) is 3.81. The molecule has 4 aromatic rings. The molecule has 6 nitrogen and oxygen atoms in total. The van der Waals surface area contributed by atoms with Gasteiger partial charge in [-0.1, -0.05) is 48.0 Å². The third-order valence-corrected chi connectivity index (χ3v) is 6.75. The van der Waals surface area contributed by atoms with Crippen LogP contribution >= 0.6 is 0 Å². The molecule has 0 radical (unpaired) electrons. The first-order chi connectivity index (χ1) is 16.5. The lowest BCUT2D eigenvalue weighted by Gasteiger charge is -2.26. The maximum atomic E-state index is 12.6. The molecule has 35 heavy (non-hydrogen) atoms. The van der Waals surface area contributed by atoms with Crippen LogP contribution in [0.2, 0.25) is 0 Å². The van der Waals surface area contributed by atoms with E-state index in [1.54, 1.807) is 29.0 Å². The summed E-state index contributed by atoms with van der Waals surface area (Å²) < 4.78 is 73.7. The van der Waals surface area contributed by atoms with Crippen LogP contribution in [-0.4, -0.2) is 37.2 Å². The third-order valence-electron chi connectivity index (χ3n) is 5.45. The molecule has 1 heterocycles. The first-order valence-corrected chi connectivity index (χ1v) is 12.0. The average molecular weight is 506 g/mol. The van der Waals surface area contributed by atoms with Gasteiger partial charge in [-0.05, 0) is 54.3 Å². The number of fused-ring (bicyclic) bond motifs is 1. The molecular weight excluding hydrogens is 483 g/mol. The van der Waals surface area contributed by atoms with Crippen LogP contribution in [0.1, 0.15) is 17.2 Å². The zero-order valence-corrected chi connectivity index (χ0v) is 19.3. The average Bonchev–Trinajstić information content (AvgIpc) is 3.22. The highest BCUT2D eigenvalue weighted by Gasteiger charge is 2.32. The van der Waals surface area contributed by atoms with Crippen LogP contribution in [-0.2, 0) is 14.3 Å². The van der Waals surface area contributed by atoms with Crippen LogP contribution in [0.5, 0.6) is 5.75 Å². The molecule has 2 unspecified atom stereocenters. The molecule has 184 valence electrons. The zero-order valence-electron chi connectivity index (χ0n) is 18.5. The number of para-hydroxylation sites is 1. The molecule has 0 spiro atoms. The summed E-state index contributed by atoms with van der Waals surface area (Å²) in [7, 11) is -4.14. The lowest BCUT2D eigenvalue weighted by atomic mass is 10.0. The van der Waals surface area contributed by atoms with Gasteiger partial charge in [0.25, 0.3) is 10.1 Å². The molecule has 0 saturated heterocycles. The van der Waals surface area contributed by atoms with E-state index in [0.29, 0.717) is 5.56 Å². The van der Waals surface area contributed by atoms with Crippen LogP contribution in [0.4, 0.5) is 13.2 Å². The van der Waals surface area contributed by atoms with Gasteiger partial charge in [0.15, 0.2) is 0 Å². The summed E-state index contributed by atoms with van der Waals surface area (Å²) >= 11 is 0. The van der Waals surface area contributed by atoms with E-state index in [0.717, 1.165) is 28.6 Å².